The lowest BCUT2D eigenvalue weighted by molar-refractivity contribution is 0.0984. The van der Waals surface area contributed by atoms with Crippen LogP contribution < -0.4 is 9.46 Å². The lowest BCUT2D eigenvalue weighted by atomic mass is 9.95. The lowest BCUT2D eigenvalue weighted by Crippen LogP contribution is -2.37. The average Bonchev–Trinajstić information content (AvgIpc) is 3.62. The van der Waals surface area contributed by atoms with Crippen LogP contribution in [0, 0.1) is 5.92 Å². The van der Waals surface area contributed by atoms with E-state index in [2.05, 4.69) is 16.5 Å². The molecule has 172 valence electrons. The molecule has 1 aliphatic carbocycles. The number of halogens is 2. The van der Waals surface area contributed by atoms with E-state index in [1.807, 2.05) is 36.6 Å². The summed E-state index contributed by atoms with van der Waals surface area (Å²) in [5.74, 6) is 1.96. The number of carbonyl (C=O) groups excluding carboxylic acids is 1. The first-order chi connectivity index (χ1) is 15.4. The van der Waals surface area contributed by atoms with Gasteiger partial charge >= 0.3 is 0 Å². The first-order valence-corrected chi connectivity index (χ1v) is 13.2. The molecule has 1 N–H and O–H groups in total. The van der Waals surface area contributed by atoms with Crippen molar-refractivity contribution in [1.82, 2.24) is 9.62 Å². The van der Waals surface area contributed by atoms with E-state index < -0.39 is 0 Å². The standard InChI is InChI=1S/C25H30Cl2N2O2S/c1-16(20-11-21(26)14-22(27)12-20)29-9-7-17(8-10-29)15-31-24-6-5-19(25(30)28-32-2)13-23(24)18-3-4-18/h5-6,11-14,16-18H,3-4,7-10,15H2,1-2H3,(H,28,30). The first kappa shape index (κ1) is 23.7. The van der Waals surface area contributed by atoms with Gasteiger partial charge in [-0.1, -0.05) is 35.1 Å². The van der Waals surface area contributed by atoms with Gasteiger partial charge in [0.2, 0.25) is 0 Å². The Hall–Kier alpha value is -1.40. The summed E-state index contributed by atoms with van der Waals surface area (Å²) in [6, 6.07) is 11.9. The Kier molecular flexibility index (Phi) is 7.93. The minimum Gasteiger partial charge on any atom is -0.493 e. The molecule has 1 unspecified atom stereocenters. The van der Waals surface area contributed by atoms with Crippen LogP contribution in [-0.2, 0) is 0 Å². The van der Waals surface area contributed by atoms with Crippen LogP contribution in [0.1, 0.15) is 66.1 Å². The van der Waals surface area contributed by atoms with Crippen LogP contribution in [0.25, 0.3) is 0 Å². The van der Waals surface area contributed by atoms with Gasteiger partial charge in [-0.15, -0.1) is 0 Å². The summed E-state index contributed by atoms with van der Waals surface area (Å²) in [6.07, 6.45) is 6.41. The molecule has 4 nitrogen and oxygen atoms in total. The summed E-state index contributed by atoms with van der Waals surface area (Å²) in [5.41, 5.74) is 3.05. The predicted octanol–water partition coefficient (Wildman–Crippen LogP) is 6.73. The fourth-order valence-corrected chi connectivity index (χ4v) is 5.27. The van der Waals surface area contributed by atoms with Crippen LogP contribution in [0.5, 0.6) is 5.75 Å². The van der Waals surface area contributed by atoms with Gasteiger partial charge in [-0.2, -0.15) is 0 Å². The molecule has 1 saturated carbocycles. The number of benzene rings is 2. The molecule has 1 heterocycles. The van der Waals surface area contributed by atoms with E-state index in [1.54, 1.807) is 6.07 Å². The fourth-order valence-electron chi connectivity index (χ4n) is 4.43. The van der Waals surface area contributed by atoms with Gasteiger partial charge in [-0.05, 0) is 105 Å². The molecule has 1 amide bonds. The zero-order valence-electron chi connectivity index (χ0n) is 18.6. The molecule has 2 aromatic carbocycles. The van der Waals surface area contributed by atoms with Gasteiger partial charge in [0.1, 0.15) is 5.75 Å². The third-order valence-corrected chi connectivity index (χ3v) is 7.35. The van der Waals surface area contributed by atoms with Crippen LogP contribution in [0.3, 0.4) is 0 Å². The van der Waals surface area contributed by atoms with Crippen LogP contribution in [0.4, 0.5) is 0 Å². The third-order valence-electron chi connectivity index (χ3n) is 6.52. The van der Waals surface area contributed by atoms with Crippen molar-refractivity contribution in [3.63, 3.8) is 0 Å². The largest absolute Gasteiger partial charge is 0.493 e. The van der Waals surface area contributed by atoms with E-state index in [-0.39, 0.29) is 11.9 Å². The van der Waals surface area contributed by atoms with Crippen molar-refractivity contribution in [1.29, 1.82) is 0 Å². The quantitative estimate of drug-likeness (QED) is 0.414. The summed E-state index contributed by atoms with van der Waals surface area (Å²) >= 11 is 13.7. The highest BCUT2D eigenvalue weighted by Crippen LogP contribution is 2.45. The van der Waals surface area contributed by atoms with Gasteiger partial charge in [0.05, 0.1) is 6.61 Å². The summed E-state index contributed by atoms with van der Waals surface area (Å²) in [4.78, 5) is 14.7. The summed E-state index contributed by atoms with van der Waals surface area (Å²) in [5, 5.41) is 1.37. The Morgan fingerprint density at radius 2 is 1.81 bits per heavy atom. The summed E-state index contributed by atoms with van der Waals surface area (Å²) in [7, 11) is 0. The number of hydrogen-bond donors (Lipinski definition) is 1. The number of ether oxygens (including phenoxy) is 1. The SMILES string of the molecule is CSNC(=O)c1ccc(OCC2CCN(C(C)c3cc(Cl)cc(Cl)c3)CC2)c(C2CC2)c1. The van der Waals surface area contributed by atoms with Gasteiger partial charge in [-0.3, -0.25) is 14.4 Å². The van der Waals surface area contributed by atoms with Crippen molar-refractivity contribution in [3.05, 3.63) is 63.1 Å². The molecule has 1 atom stereocenters. The molecule has 0 spiro atoms. The van der Waals surface area contributed by atoms with E-state index in [0.29, 0.717) is 27.4 Å². The Balaban J connectivity index is 1.32. The fraction of sp³-hybridized carbons (Fsp3) is 0.480. The predicted molar refractivity (Wildman–Crippen MR) is 134 cm³/mol. The number of carbonyl (C=O) groups is 1. The van der Waals surface area contributed by atoms with Crippen molar-refractivity contribution < 1.29 is 9.53 Å². The second-order valence-electron chi connectivity index (χ2n) is 8.83. The zero-order chi connectivity index (χ0) is 22.7. The Bertz CT molecular complexity index is 939. The lowest BCUT2D eigenvalue weighted by Gasteiger charge is -2.36. The van der Waals surface area contributed by atoms with Gasteiger partial charge < -0.3 is 4.74 Å². The Labute approximate surface area is 205 Å². The van der Waals surface area contributed by atoms with Crippen LogP contribution >= 0.6 is 35.1 Å². The molecule has 2 aliphatic rings. The first-order valence-electron chi connectivity index (χ1n) is 11.2. The van der Waals surface area contributed by atoms with Gasteiger partial charge in [0.25, 0.3) is 5.91 Å². The van der Waals surface area contributed by atoms with Crippen molar-refractivity contribution in [2.75, 3.05) is 26.0 Å². The molecule has 0 bridgehead atoms. The van der Waals surface area contributed by atoms with Crippen molar-refractivity contribution in [2.24, 2.45) is 5.92 Å². The Morgan fingerprint density at radius 3 is 2.44 bits per heavy atom. The molecule has 0 radical (unpaired) electrons. The molecule has 4 rings (SSSR count). The molecule has 2 fully saturated rings. The second-order valence-corrected chi connectivity index (χ2v) is 10.3. The number of rotatable bonds is 8. The Morgan fingerprint density at radius 1 is 1.12 bits per heavy atom. The maximum Gasteiger partial charge on any atom is 0.261 e. The summed E-state index contributed by atoms with van der Waals surface area (Å²) in [6.45, 7) is 5.00. The molecular weight excluding hydrogens is 463 g/mol. The van der Waals surface area contributed by atoms with E-state index in [9.17, 15) is 4.79 Å². The second kappa shape index (κ2) is 10.7. The van der Waals surface area contributed by atoms with Gasteiger partial charge in [0.15, 0.2) is 0 Å². The number of amides is 1. The maximum atomic E-state index is 12.2. The van der Waals surface area contributed by atoms with Gasteiger partial charge in [-0.25, -0.2) is 0 Å². The van der Waals surface area contributed by atoms with Crippen LogP contribution in [0.15, 0.2) is 36.4 Å². The number of nitrogens with zero attached hydrogens (tertiary/aromatic N) is 1. The number of likely N-dealkylation sites (tertiary alicyclic amines) is 1. The van der Waals surface area contributed by atoms with Crippen molar-refractivity contribution in [2.45, 2.75) is 44.6 Å². The highest BCUT2D eigenvalue weighted by Gasteiger charge is 2.29. The van der Waals surface area contributed by atoms with E-state index >= 15 is 0 Å². The number of piperidine rings is 1. The molecule has 1 saturated heterocycles. The topological polar surface area (TPSA) is 41.6 Å². The molecule has 0 aromatic heterocycles. The normalized spacial score (nSPS) is 18.4. The van der Waals surface area contributed by atoms with Crippen molar-refractivity contribution >= 4 is 41.1 Å². The molecule has 7 heteroatoms. The number of nitrogens with one attached hydrogen (secondary N) is 1. The smallest absolute Gasteiger partial charge is 0.261 e. The van der Waals surface area contributed by atoms with Crippen LogP contribution in [0.2, 0.25) is 10.0 Å². The zero-order valence-corrected chi connectivity index (χ0v) is 20.9. The average molecular weight is 494 g/mol. The van der Waals surface area contributed by atoms with E-state index in [4.69, 9.17) is 27.9 Å². The monoisotopic (exact) mass is 492 g/mol. The van der Waals surface area contributed by atoms with E-state index in [0.717, 1.165) is 43.9 Å². The summed E-state index contributed by atoms with van der Waals surface area (Å²) < 4.78 is 9.09. The molecule has 32 heavy (non-hydrogen) atoms. The van der Waals surface area contributed by atoms with Crippen molar-refractivity contribution in [3.8, 4) is 5.75 Å². The highest BCUT2D eigenvalue weighted by atomic mass is 35.5. The van der Waals surface area contributed by atoms with Crippen LogP contribution in [-0.4, -0.2) is 36.8 Å². The van der Waals surface area contributed by atoms with Gasteiger partial charge in [0, 0.05) is 27.9 Å². The van der Waals surface area contributed by atoms with E-state index in [1.165, 1.54) is 30.4 Å². The number of hydrogen-bond acceptors (Lipinski definition) is 4. The highest BCUT2D eigenvalue weighted by molar-refractivity contribution is 7.97. The molecular formula is C25H30Cl2N2O2S. The minimum absolute atomic E-state index is 0.0477. The minimum atomic E-state index is -0.0477. The maximum absolute atomic E-state index is 12.2. The molecule has 2 aromatic rings. The molecule has 1 aliphatic heterocycles. The third kappa shape index (κ3) is 5.93.